The molecule has 0 aromatic carbocycles. The van der Waals surface area contributed by atoms with Gasteiger partial charge < -0.3 is 15.0 Å². The number of hydrogen-bond donors (Lipinski definition) is 1. The molecule has 1 heterocycles. The van der Waals surface area contributed by atoms with Gasteiger partial charge in [0.1, 0.15) is 0 Å². The summed E-state index contributed by atoms with van der Waals surface area (Å²) in [5.74, 6) is 0.575. The van der Waals surface area contributed by atoms with E-state index in [2.05, 4.69) is 17.2 Å². The van der Waals surface area contributed by atoms with Crippen molar-refractivity contribution in [3.63, 3.8) is 0 Å². The summed E-state index contributed by atoms with van der Waals surface area (Å²) >= 11 is 0. The number of nitrogens with one attached hydrogen (secondary N) is 1. The van der Waals surface area contributed by atoms with E-state index < -0.39 is 12.8 Å². The molecule has 0 spiro atoms. The average molecular weight is 359 g/mol. The van der Waals surface area contributed by atoms with E-state index in [1.165, 1.54) is 6.20 Å². The number of pyridine rings is 1. The highest BCUT2D eigenvalue weighted by Crippen LogP contribution is 2.26. The number of halogens is 3. The lowest BCUT2D eigenvalue weighted by atomic mass is 9.87. The molecule has 0 atom stereocenters. The maximum atomic E-state index is 12.3. The monoisotopic (exact) mass is 359 g/mol. The Morgan fingerprint density at radius 2 is 2.04 bits per heavy atom. The molecule has 1 aliphatic rings. The first-order valence-corrected chi connectivity index (χ1v) is 8.40. The highest BCUT2D eigenvalue weighted by atomic mass is 19.4. The van der Waals surface area contributed by atoms with E-state index in [1.54, 1.807) is 24.1 Å². The number of ether oxygens (including phenoxy) is 1. The number of carbonyl (C=O) groups excluding carboxylic acids is 1. The van der Waals surface area contributed by atoms with Gasteiger partial charge in [0.2, 0.25) is 5.88 Å². The van der Waals surface area contributed by atoms with Gasteiger partial charge in [-0.1, -0.05) is 13.0 Å². The Kier molecular flexibility index (Phi) is 6.50. The molecule has 1 aliphatic carbocycles. The van der Waals surface area contributed by atoms with Crippen LogP contribution in [-0.4, -0.2) is 41.8 Å². The van der Waals surface area contributed by atoms with Gasteiger partial charge in [-0.3, -0.25) is 0 Å². The first-order chi connectivity index (χ1) is 11.8. The molecule has 2 rings (SSSR count). The summed E-state index contributed by atoms with van der Waals surface area (Å²) in [5.41, 5.74) is 0.408. The predicted octanol–water partition coefficient (Wildman–Crippen LogP) is 3.74. The molecule has 1 aromatic heterocycles. The van der Waals surface area contributed by atoms with E-state index in [-0.39, 0.29) is 24.5 Å². The van der Waals surface area contributed by atoms with Crippen molar-refractivity contribution in [2.24, 2.45) is 5.92 Å². The molecule has 0 saturated heterocycles. The number of nitrogens with zero attached hydrogens (tertiary/aromatic N) is 2. The number of amides is 2. The van der Waals surface area contributed by atoms with E-state index in [0.717, 1.165) is 25.7 Å². The Morgan fingerprint density at radius 1 is 1.36 bits per heavy atom. The Labute approximate surface area is 145 Å². The third kappa shape index (κ3) is 6.10. The van der Waals surface area contributed by atoms with Gasteiger partial charge in [-0.15, -0.1) is 0 Å². The van der Waals surface area contributed by atoms with Gasteiger partial charge in [-0.05, 0) is 37.7 Å². The minimum absolute atomic E-state index is 0.0628. The van der Waals surface area contributed by atoms with Crippen molar-refractivity contribution in [3.05, 3.63) is 23.9 Å². The summed E-state index contributed by atoms with van der Waals surface area (Å²) in [5, 5.41) is 2.73. The SMILES string of the molecule is CC1CCC(N(C)C(=O)NCc2cccnc2OCC(F)(F)F)CC1. The maximum absolute atomic E-state index is 12.3. The van der Waals surface area contributed by atoms with Crippen LogP contribution in [0.3, 0.4) is 0 Å². The molecule has 1 N–H and O–H groups in total. The molecule has 1 fully saturated rings. The van der Waals surface area contributed by atoms with Crippen molar-refractivity contribution in [2.45, 2.75) is 51.4 Å². The zero-order valence-corrected chi connectivity index (χ0v) is 14.5. The summed E-state index contributed by atoms with van der Waals surface area (Å²) < 4.78 is 41.6. The van der Waals surface area contributed by atoms with Crippen LogP contribution in [-0.2, 0) is 6.54 Å². The zero-order valence-electron chi connectivity index (χ0n) is 14.5. The highest BCUT2D eigenvalue weighted by molar-refractivity contribution is 5.74. The van der Waals surface area contributed by atoms with Crippen molar-refractivity contribution in [3.8, 4) is 5.88 Å². The number of rotatable bonds is 5. The summed E-state index contributed by atoms with van der Waals surface area (Å²) in [6.45, 7) is 0.861. The Bertz CT molecular complexity index is 573. The second-order valence-corrected chi connectivity index (χ2v) is 6.55. The number of hydrogen-bond acceptors (Lipinski definition) is 3. The van der Waals surface area contributed by atoms with E-state index >= 15 is 0 Å². The third-order valence-corrected chi connectivity index (χ3v) is 4.51. The van der Waals surface area contributed by atoms with E-state index in [1.807, 2.05) is 0 Å². The molecule has 0 unspecified atom stereocenters. The number of carbonyl (C=O) groups is 1. The largest absolute Gasteiger partial charge is 0.468 e. The minimum atomic E-state index is -4.43. The predicted molar refractivity (Wildman–Crippen MR) is 87.2 cm³/mol. The molecule has 0 radical (unpaired) electrons. The van der Waals surface area contributed by atoms with E-state index in [0.29, 0.717) is 11.5 Å². The lowest BCUT2D eigenvalue weighted by Gasteiger charge is -2.33. The first kappa shape index (κ1) is 19.3. The highest BCUT2D eigenvalue weighted by Gasteiger charge is 2.29. The molecule has 0 bridgehead atoms. The molecule has 1 saturated carbocycles. The van der Waals surface area contributed by atoms with Crippen LogP contribution in [0, 0.1) is 5.92 Å². The molecule has 140 valence electrons. The lowest BCUT2D eigenvalue weighted by Crippen LogP contribution is -2.44. The molecule has 0 aliphatic heterocycles. The van der Waals surface area contributed by atoms with Gasteiger partial charge in [-0.25, -0.2) is 9.78 Å². The lowest BCUT2D eigenvalue weighted by molar-refractivity contribution is -0.154. The number of urea groups is 1. The number of alkyl halides is 3. The maximum Gasteiger partial charge on any atom is 0.422 e. The van der Waals surface area contributed by atoms with Crippen LogP contribution in [0.2, 0.25) is 0 Å². The van der Waals surface area contributed by atoms with Crippen molar-refractivity contribution >= 4 is 6.03 Å². The summed E-state index contributed by atoms with van der Waals surface area (Å²) in [6, 6.07) is 3.13. The van der Waals surface area contributed by atoms with Crippen molar-refractivity contribution in [2.75, 3.05) is 13.7 Å². The van der Waals surface area contributed by atoms with Crippen LogP contribution in [0.15, 0.2) is 18.3 Å². The van der Waals surface area contributed by atoms with Gasteiger partial charge in [0.05, 0.1) is 0 Å². The Balaban J connectivity index is 1.89. The zero-order chi connectivity index (χ0) is 18.4. The van der Waals surface area contributed by atoms with Crippen molar-refractivity contribution in [1.29, 1.82) is 0 Å². The van der Waals surface area contributed by atoms with Gasteiger partial charge >= 0.3 is 12.2 Å². The van der Waals surface area contributed by atoms with Crippen molar-refractivity contribution < 1.29 is 22.7 Å². The van der Waals surface area contributed by atoms with Gasteiger partial charge in [0.15, 0.2) is 6.61 Å². The molecular weight excluding hydrogens is 335 g/mol. The van der Waals surface area contributed by atoms with Gasteiger partial charge in [0, 0.05) is 31.4 Å². The number of aromatic nitrogens is 1. The molecule has 2 amide bonds. The topological polar surface area (TPSA) is 54.5 Å². The van der Waals surface area contributed by atoms with Crippen LogP contribution in [0.5, 0.6) is 5.88 Å². The average Bonchev–Trinajstić information content (AvgIpc) is 2.58. The molecule has 1 aromatic rings. The minimum Gasteiger partial charge on any atom is -0.468 e. The Morgan fingerprint density at radius 3 is 2.68 bits per heavy atom. The van der Waals surface area contributed by atoms with E-state index in [4.69, 9.17) is 4.74 Å². The standard InChI is InChI=1S/C17H24F3N3O2/c1-12-5-7-14(8-6-12)23(2)16(24)22-10-13-4-3-9-21-15(13)25-11-17(18,19)20/h3-4,9,12,14H,5-8,10-11H2,1-2H3,(H,22,24). The smallest absolute Gasteiger partial charge is 0.422 e. The molecular formula is C17H24F3N3O2. The molecule has 5 nitrogen and oxygen atoms in total. The summed E-state index contributed by atoms with van der Waals surface area (Å²) in [4.78, 5) is 17.8. The van der Waals surface area contributed by atoms with Gasteiger partial charge in [0.25, 0.3) is 0 Å². The molecule has 8 heteroatoms. The second kappa shape index (κ2) is 8.40. The normalized spacial score (nSPS) is 20.8. The van der Waals surface area contributed by atoms with Crippen molar-refractivity contribution in [1.82, 2.24) is 15.2 Å². The first-order valence-electron chi connectivity index (χ1n) is 8.40. The Hall–Kier alpha value is -1.99. The van der Waals surface area contributed by atoms with Crippen LogP contribution >= 0.6 is 0 Å². The fourth-order valence-corrected chi connectivity index (χ4v) is 2.93. The van der Waals surface area contributed by atoms with Crippen LogP contribution < -0.4 is 10.1 Å². The van der Waals surface area contributed by atoms with Crippen LogP contribution in [0.4, 0.5) is 18.0 Å². The van der Waals surface area contributed by atoms with E-state index in [9.17, 15) is 18.0 Å². The second-order valence-electron chi connectivity index (χ2n) is 6.55. The fraction of sp³-hybridized carbons (Fsp3) is 0.647. The quantitative estimate of drug-likeness (QED) is 0.871. The fourth-order valence-electron chi connectivity index (χ4n) is 2.93. The third-order valence-electron chi connectivity index (χ3n) is 4.51. The van der Waals surface area contributed by atoms with Crippen LogP contribution in [0.25, 0.3) is 0 Å². The summed E-state index contributed by atoms with van der Waals surface area (Å²) in [6.07, 6.45) is 1.05. The molecule has 25 heavy (non-hydrogen) atoms. The van der Waals surface area contributed by atoms with Gasteiger partial charge in [-0.2, -0.15) is 13.2 Å². The summed E-state index contributed by atoms with van der Waals surface area (Å²) in [7, 11) is 1.75. The van der Waals surface area contributed by atoms with Crippen LogP contribution in [0.1, 0.15) is 38.2 Å².